The Morgan fingerprint density at radius 2 is 2.20 bits per heavy atom. The summed E-state index contributed by atoms with van der Waals surface area (Å²) < 4.78 is 24.3. The van der Waals surface area contributed by atoms with E-state index in [1.165, 1.54) is 18.2 Å². The normalized spacial score (nSPS) is 14.5. The summed E-state index contributed by atoms with van der Waals surface area (Å²) in [5, 5.41) is 0. The average molecular weight is 230 g/mol. The SMILES string of the molecule is NC(=O)C(N)CS(=O)c1cccc(F)c1. The molecule has 2 unspecified atom stereocenters. The number of carbonyl (C=O) groups is 1. The van der Waals surface area contributed by atoms with Gasteiger partial charge in [0.05, 0.1) is 22.6 Å². The Labute approximate surface area is 88.9 Å². The van der Waals surface area contributed by atoms with Crippen LogP contribution in [0.15, 0.2) is 29.2 Å². The topological polar surface area (TPSA) is 86.2 Å². The number of rotatable bonds is 4. The zero-order chi connectivity index (χ0) is 11.4. The molecule has 0 aromatic heterocycles. The third-order valence-corrected chi connectivity index (χ3v) is 3.20. The minimum atomic E-state index is -1.51. The highest BCUT2D eigenvalue weighted by atomic mass is 32.2. The lowest BCUT2D eigenvalue weighted by molar-refractivity contribution is -0.118. The van der Waals surface area contributed by atoms with Gasteiger partial charge in [-0.3, -0.25) is 9.00 Å². The summed E-state index contributed by atoms with van der Waals surface area (Å²) in [5.74, 6) is -1.30. The molecular formula is C9H11FN2O2S. The van der Waals surface area contributed by atoms with Crippen molar-refractivity contribution in [2.24, 2.45) is 11.5 Å². The Kier molecular flexibility index (Phi) is 3.93. The number of nitrogens with two attached hydrogens (primary N) is 2. The lowest BCUT2D eigenvalue weighted by Gasteiger charge is -2.06. The van der Waals surface area contributed by atoms with Crippen LogP contribution in [0.5, 0.6) is 0 Å². The maximum atomic E-state index is 12.8. The molecule has 1 amide bonds. The van der Waals surface area contributed by atoms with E-state index >= 15 is 0 Å². The molecule has 0 bridgehead atoms. The Bertz CT molecular complexity index is 397. The zero-order valence-corrected chi connectivity index (χ0v) is 8.67. The summed E-state index contributed by atoms with van der Waals surface area (Å²) in [6.45, 7) is 0. The Morgan fingerprint density at radius 1 is 1.53 bits per heavy atom. The van der Waals surface area contributed by atoms with Crippen molar-refractivity contribution in [3.8, 4) is 0 Å². The van der Waals surface area contributed by atoms with Gasteiger partial charge in [-0.2, -0.15) is 0 Å². The molecule has 0 aliphatic heterocycles. The Hall–Kier alpha value is -1.27. The number of hydrogen-bond acceptors (Lipinski definition) is 3. The molecule has 0 spiro atoms. The third kappa shape index (κ3) is 3.41. The van der Waals surface area contributed by atoms with Crippen LogP contribution in [-0.4, -0.2) is 21.9 Å². The van der Waals surface area contributed by atoms with Gasteiger partial charge in [0.25, 0.3) is 0 Å². The molecule has 6 heteroatoms. The maximum Gasteiger partial charge on any atom is 0.235 e. The summed E-state index contributed by atoms with van der Waals surface area (Å²) in [6.07, 6.45) is 0. The van der Waals surface area contributed by atoms with E-state index in [1.54, 1.807) is 0 Å². The molecule has 0 fully saturated rings. The average Bonchev–Trinajstić information content (AvgIpc) is 2.17. The molecule has 0 aliphatic carbocycles. The lowest BCUT2D eigenvalue weighted by atomic mass is 10.3. The third-order valence-electron chi connectivity index (χ3n) is 1.76. The minimum absolute atomic E-state index is 0.0984. The number of amides is 1. The van der Waals surface area contributed by atoms with Crippen molar-refractivity contribution in [3.05, 3.63) is 30.1 Å². The fourth-order valence-corrected chi connectivity index (χ4v) is 2.11. The number of halogens is 1. The van der Waals surface area contributed by atoms with Crippen LogP contribution in [0.4, 0.5) is 4.39 Å². The number of primary amides is 1. The van der Waals surface area contributed by atoms with Crippen molar-refractivity contribution in [1.29, 1.82) is 0 Å². The first kappa shape index (κ1) is 11.8. The van der Waals surface area contributed by atoms with Crippen LogP contribution >= 0.6 is 0 Å². The van der Waals surface area contributed by atoms with Crippen molar-refractivity contribution in [3.63, 3.8) is 0 Å². The highest BCUT2D eigenvalue weighted by Crippen LogP contribution is 2.09. The van der Waals surface area contributed by atoms with Gasteiger partial charge in [-0.15, -0.1) is 0 Å². The van der Waals surface area contributed by atoms with Gasteiger partial charge in [-0.1, -0.05) is 6.07 Å². The van der Waals surface area contributed by atoms with Crippen LogP contribution in [0.25, 0.3) is 0 Å². The van der Waals surface area contributed by atoms with Gasteiger partial charge in [0.15, 0.2) is 0 Å². The molecule has 82 valence electrons. The largest absolute Gasteiger partial charge is 0.368 e. The van der Waals surface area contributed by atoms with E-state index in [1.807, 2.05) is 0 Å². The van der Waals surface area contributed by atoms with Crippen molar-refractivity contribution >= 4 is 16.7 Å². The molecule has 1 aromatic rings. The fraction of sp³-hybridized carbons (Fsp3) is 0.222. The van der Waals surface area contributed by atoms with E-state index in [9.17, 15) is 13.4 Å². The molecule has 0 heterocycles. The quantitative estimate of drug-likeness (QED) is 0.747. The van der Waals surface area contributed by atoms with Crippen LogP contribution in [0.1, 0.15) is 0 Å². The summed E-state index contributed by atoms with van der Waals surface area (Å²) in [7, 11) is -1.51. The van der Waals surface area contributed by atoms with Crippen LogP contribution in [-0.2, 0) is 15.6 Å². The number of carbonyl (C=O) groups excluding carboxylic acids is 1. The molecule has 1 aromatic carbocycles. The van der Waals surface area contributed by atoms with Gasteiger partial charge in [0, 0.05) is 4.90 Å². The second kappa shape index (κ2) is 4.99. The van der Waals surface area contributed by atoms with Crippen LogP contribution < -0.4 is 11.5 Å². The summed E-state index contributed by atoms with van der Waals surface area (Å²) in [6, 6.07) is 4.36. The first-order chi connectivity index (χ1) is 7.00. The molecular weight excluding hydrogens is 219 g/mol. The van der Waals surface area contributed by atoms with Crippen molar-refractivity contribution in [2.75, 3.05) is 5.75 Å². The van der Waals surface area contributed by atoms with Gasteiger partial charge in [0.2, 0.25) is 5.91 Å². The fourth-order valence-electron chi connectivity index (χ4n) is 0.950. The van der Waals surface area contributed by atoms with E-state index in [2.05, 4.69) is 0 Å². The molecule has 0 saturated carbocycles. The van der Waals surface area contributed by atoms with E-state index in [0.29, 0.717) is 4.90 Å². The zero-order valence-electron chi connectivity index (χ0n) is 7.85. The number of hydrogen-bond donors (Lipinski definition) is 2. The first-order valence-electron chi connectivity index (χ1n) is 4.19. The smallest absolute Gasteiger partial charge is 0.235 e. The highest BCUT2D eigenvalue weighted by Gasteiger charge is 2.14. The molecule has 0 saturated heterocycles. The molecule has 15 heavy (non-hydrogen) atoms. The van der Waals surface area contributed by atoms with Crippen molar-refractivity contribution in [2.45, 2.75) is 10.9 Å². The van der Waals surface area contributed by atoms with E-state index in [4.69, 9.17) is 11.5 Å². The van der Waals surface area contributed by atoms with Crippen LogP contribution in [0.2, 0.25) is 0 Å². The molecule has 4 nitrogen and oxygen atoms in total. The lowest BCUT2D eigenvalue weighted by Crippen LogP contribution is -2.40. The summed E-state index contributed by atoms with van der Waals surface area (Å²) in [5.41, 5.74) is 10.3. The Balaban J connectivity index is 2.73. The second-order valence-corrected chi connectivity index (χ2v) is 4.47. The van der Waals surface area contributed by atoms with Gasteiger partial charge in [0.1, 0.15) is 5.82 Å². The summed E-state index contributed by atoms with van der Waals surface area (Å²) >= 11 is 0. The molecule has 2 atom stereocenters. The molecule has 0 aliphatic rings. The predicted octanol–water partition coefficient (Wildman–Crippen LogP) is -0.254. The molecule has 0 radical (unpaired) electrons. The van der Waals surface area contributed by atoms with E-state index in [0.717, 1.165) is 6.07 Å². The minimum Gasteiger partial charge on any atom is -0.368 e. The Morgan fingerprint density at radius 3 is 2.73 bits per heavy atom. The summed E-state index contributed by atoms with van der Waals surface area (Å²) in [4.78, 5) is 10.9. The highest BCUT2D eigenvalue weighted by molar-refractivity contribution is 7.85. The first-order valence-corrected chi connectivity index (χ1v) is 5.51. The van der Waals surface area contributed by atoms with E-state index < -0.39 is 28.6 Å². The van der Waals surface area contributed by atoms with E-state index in [-0.39, 0.29) is 5.75 Å². The van der Waals surface area contributed by atoms with Gasteiger partial charge in [-0.25, -0.2) is 4.39 Å². The van der Waals surface area contributed by atoms with Crippen LogP contribution in [0.3, 0.4) is 0 Å². The predicted molar refractivity (Wildman–Crippen MR) is 54.8 cm³/mol. The van der Waals surface area contributed by atoms with Crippen molar-refractivity contribution in [1.82, 2.24) is 0 Å². The van der Waals surface area contributed by atoms with Gasteiger partial charge < -0.3 is 11.5 Å². The molecule has 4 N–H and O–H groups in total. The van der Waals surface area contributed by atoms with Gasteiger partial charge >= 0.3 is 0 Å². The van der Waals surface area contributed by atoms with Gasteiger partial charge in [-0.05, 0) is 18.2 Å². The molecule has 1 rings (SSSR count). The monoisotopic (exact) mass is 230 g/mol. The standard InChI is InChI=1S/C9H11FN2O2S/c10-6-2-1-3-7(4-6)15(14)5-8(11)9(12)13/h1-4,8H,5,11H2,(H2,12,13). The second-order valence-electron chi connectivity index (χ2n) is 2.98. The maximum absolute atomic E-state index is 12.8. The number of benzene rings is 1. The van der Waals surface area contributed by atoms with Crippen LogP contribution in [0, 0.1) is 5.82 Å². The van der Waals surface area contributed by atoms with Crippen molar-refractivity contribution < 1.29 is 13.4 Å².